The van der Waals surface area contributed by atoms with Gasteiger partial charge in [0.25, 0.3) is 0 Å². The lowest BCUT2D eigenvalue weighted by molar-refractivity contribution is 0.270. The molecule has 0 atom stereocenters. The Morgan fingerprint density at radius 1 is 1.35 bits per heavy atom. The Morgan fingerprint density at radius 2 is 2.00 bits per heavy atom. The lowest BCUT2D eigenvalue weighted by atomic mass is 9.83. The predicted octanol–water partition coefficient (Wildman–Crippen LogP) is 1.64. The fourth-order valence-electron chi connectivity index (χ4n) is 2.07. The van der Waals surface area contributed by atoms with E-state index in [2.05, 4.69) is 11.6 Å². The molecule has 1 aliphatic rings. The maximum Gasteiger partial charge on any atom is 0.242 e. The van der Waals surface area contributed by atoms with Crippen LogP contribution in [0.1, 0.15) is 25.3 Å². The molecule has 0 aromatic heterocycles. The van der Waals surface area contributed by atoms with Gasteiger partial charge in [-0.2, -0.15) is 5.26 Å². The molecule has 0 aliphatic heterocycles. The number of hydrogen-bond donors (Lipinski definition) is 1. The number of benzene rings is 1. The third-order valence-corrected chi connectivity index (χ3v) is 4.57. The summed E-state index contributed by atoms with van der Waals surface area (Å²) in [7, 11) is -3.56. The summed E-state index contributed by atoms with van der Waals surface area (Å²) in [6.07, 6.45) is 1.74. The number of nitriles is 1. The molecule has 1 fully saturated rings. The normalized spacial score (nSPS) is 23.8. The summed E-state index contributed by atoms with van der Waals surface area (Å²) in [5.41, 5.74) is 0.187. The summed E-state index contributed by atoms with van der Waals surface area (Å²) < 4.78 is 26.8. The van der Waals surface area contributed by atoms with Crippen molar-refractivity contribution in [2.75, 3.05) is 0 Å². The Balaban J connectivity index is 2.23. The Kier molecular flexibility index (Phi) is 3.18. The summed E-state index contributed by atoms with van der Waals surface area (Å²) in [5.74, 6) is 0.578. The van der Waals surface area contributed by atoms with Crippen molar-refractivity contribution < 1.29 is 8.42 Å². The minimum absolute atomic E-state index is 0.0155. The molecule has 0 unspecified atom stereocenters. The van der Waals surface area contributed by atoms with Gasteiger partial charge in [-0.05, 0) is 30.9 Å². The first-order chi connectivity index (χ1) is 8.03. The van der Waals surface area contributed by atoms with E-state index in [4.69, 9.17) is 5.26 Å². The first kappa shape index (κ1) is 12.1. The highest BCUT2D eigenvalue weighted by molar-refractivity contribution is 7.89. The van der Waals surface area contributed by atoms with Gasteiger partial charge in [-0.25, -0.2) is 13.1 Å². The zero-order valence-electron chi connectivity index (χ0n) is 9.55. The fourth-order valence-corrected chi connectivity index (χ4v) is 3.49. The van der Waals surface area contributed by atoms with Crippen LogP contribution in [0, 0.1) is 17.2 Å². The highest BCUT2D eigenvalue weighted by Crippen LogP contribution is 2.28. The van der Waals surface area contributed by atoms with E-state index in [0.29, 0.717) is 5.92 Å². The van der Waals surface area contributed by atoms with E-state index in [1.807, 2.05) is 6.07 Å². The summed E-state index contributed by atoms with van der Waals surface area (Å²) in [6.45, 7) is 2.09. The molecule has 0 spiro atoms. The monoisotopic (exact) mass is 250 g/mol. The van der Waals surface area contributed by atoms with Gasteiger partial charge in [0, 0.05) is 6.04 Å². The van der Waals surface area contributed by atoms with E-state index >= 15 is 0 Å². The lowest BCUT2D eigenvalue weighted by Crippen LogP contribution is -2.43. The van der Waals surface area contributed by atoms with Crippen molar-refractivity contribution in [2.45, 2.75) is 30.7 Å². The van der Waals surface area contributed by atoms with Crippen LogP contribution in [0.25, 0.3) is 0 Å². The third-order valence-electron chi connectivity index (χ3n) is 2.99. The number of rotatable bonds is 3. The quantitative estimate of drug-likeness (QED) is 0.886. The van der Waals surface area contributed by atoms with Crippen LogP contribution < -0.4 is 4.72 Å². The van der Waals surface area contributed by atoms with Crippen LogP contribution in [-0.2, 0) is 10.0 Å². The van der Waals surface area contributed by atoms with Crippen LogP contribution in [0.3, 0.4) is 0 Å². The third kappa shape index (κ3) is 2.48. The van der Waals surface area contributed by atoms with Gasteiger partial charge in [0.05, 0.1) is 10.5 Å². The number of nitrogens with one attached hydrogen (secondary N) is 1. The molecular weight excluding hydrogens is 236 g/mol. The first-order valence-electron chi connectivity index (χ1n) is 5.54. The molecule has 1 N–H and O–H groups in total. The molecule has 1 saturated carbocycles. The van der Waals surface area contributed by atoms with Crippen molar-refractivity contribution in [2.24, 2.45) is 5.92 Å². The van der Waals surface area contributed by atoms with Crippen molar-refractivity contribution in [1.29, 1.82) is 5.26 Å². The van der Waals surface area contributed by atoms with Crippen LogP contribution in [-0.4, -0.2) is 14.5 Å². The Labute approximate surface area is 101 Å². The van der Waals surface area contributed by atoms with Gasteiger partial charge >= 0.3 is 0 Å². The standard InChI is InChI=1S/C12H14N2O2S/c1-9-6-11(7-9)14-17(15,16)12-5-3-2-4-10(12)8-13/h2-5,9,11,14H,6-7H2,1H3. The second-order valence-electron chi connectivity index (χ2n) is 4.50. The maximum atomic E-state index is 12.1. The molecule has 17 heavy (non-hydrogen) atoms. The molecule has 0 radical (unpaired) electrons. The molecule has 90 valence electrons. The second kappa shape index (κ2) is 4.47. The summed E-state index contributed by atoms with van der Waals surface area (Å²) in [5, 5.41) is 8.89. The van der Waals surface area contributed by atoms with Crippen molar-refractivity contribution >= 4 is 10.0 Å². The van der Waals surface area contributed by atoms with Crippen LogP contribution in [0.2, 0.25) is 0 Å². The summed E-state index contributed by atoms with van der Waals surface area (Å²) in [6, 6.07) is 8.17. The largest absolute Gasteiger partial charge is 0.242 e. The SMILES string of the molecule is CC1CC(NS(=O)(=O)c2ccccc2C#N)C1. The average Bonchev–Trinajstić information content (AvgIpc) is 2.26. The van der Waals surface area contributed by atoms with Crippen molar-refractivity contribution in [3.05, 3.63) is 29.8 Å². The summed E-state index contributed by atoms with van der Waals surface area (Å²) in [4.78, 5) is 0.0713. The van der Waals surface area contributed by atoms with E-state index in [0.717, 1.165) is 12.8 Å². The van der Waals surface area contributed by atoms with E-state index < -0.39 is 10.0 Å². The molecule has 4 nitrogen and oxygen atoms in total. The van der Waals surface area contributed by atoms with Gasteiger partial charge in [-0.15, -0.1) is 0 Å². The minimum Gasteiger partial charge on any atom is -0.208 e. The van der Waals surface area contributed by atoms with Gasteiger partial charge < -0.3 is 0 Å². The predicted molar refractivity (Wildman–Crippen MR) is 63.7 cm³/mol. The van der Waals surface area contributed by atoms with Gasteiger partial charge in [0.15, 0.2) is 0 Å². The fraction of sp³-hybridized carbons (Fsp3) is 0.417. The molecule has 0 amide bonds. The second-order valence-corrected chi connectivity index (χ2v) is 6.19. The molecule has 0 saturated heterocycles. The highest BCUT2D eigenvalue weighted by atomic mass is 32.2. The Bertz CT molecular complexity index is 554. The zero-order chi connectivity index (χ0) is 12.5. The van der Waals surface area contributed by atoms with E-state index in [9.17, 15) is 8.42 Å². The number of sulfonamides is 1. The van der Waals surface area contributed by atoms with E-state index in [1.165, 1.54) is 12.1 Å². The smallest absolute Gasteiger partial charge is 0.208 e. The van der Waals surface area contributed by atoms with Crippen LogP contribution in [0.4, 0.5) is 0 Å². The van der Waals surface area contributed by atoms with Crippen molar-refractivity contribution in [3.8, 4) is 6.07 Å². The molecular formula is C12H14N2O2S. The number of hydrogen-bond acceptors (Lipinski definition) is 3. The van der Waals surface area contributed by atoms with Crippen molar-refractivity contribution in [3.63, 3.8) is 0 Å². The maximum absolute atomic E-state index is 12.1. The van der Waals surface area contributed by atoms with Crippen LogP contribution >= 0.6 is 0 Å². The summed E-state index contributed by atoms with van der Waals surface area (Å²) >= 11 is 0. The van der Waals surface area contributed by atoms with Gasteiger partial charge in [-0.3, -0.25) is 0 Å². The van der Waals surface area contributed by atoms with E-state index in [1.54, 1.807) is 12.1 Å². The first-order valence-corrected chi connectivity index (χ1v) is 7.02. The topological polar surface area (TPSA) is 70.0 Å². The molecule has 0 heterocycles. The lowest BCUT2D eigenvalue weighted by Gasteiger charge is -2.32. The molecule has 5 heteroatoms. The van der Waals surface area contributed by atoms with Crippen LogP contribution in [0.15, 0.2) is 29.2 Å². The van der Waals surface area contributed by atoms with Gasteiger partial charge in [0.2, 0.25) is 10.0 Å². The molecule has 1 aliphatic carbocycles. The van der Waals surface area contributed by atoms with Crippen LogP contribution in [0.5, 0.6) is 0 Å². The van der Waals surface area contributed by atoms with Crippen molar-refractivity contribution in [1.82, 2.24) is 4.72 Å². The molecule has 1 aromatic carbocycles. The molecule has 1 aromatic rings. The molecule has 0 bridgehead atoms. The molecule has 2 rings (SSSR count). The van der Waals surface area contributed by atoms with Gasteiger partial charge in [0.1, 0.15) is 6.07 Å². The Hall–Kier alpha value is -1.38. The van der Waals surface area contributed by atoms with Gasteiger partial charge in [-0.1, -0.05) is 19.1 Å². The zero-order valence-corrected chi connectivity index (χ0v) is 10.4. The van der Waals surface area contributed by atoms with E-state index in [-0.39, 0.29) is 16.5 Å². The number of nitrogens with zero attached hydrogens (tertiary/aromatic N) is 1. The Morgan fingerprint density at radius 3 is 2.59 bits per heavy atom. The minimum atomic E-state index is -3.56. The highest BCUT2D eigenvalue weighted by Gasteiger charge is 2.30. The average molecular weight is 250 g/mol.